The normalized spacial score (nSPS) is 12.8. The van der Waals surface area contributed by atoms with Crippen LogP contribution in [0.3, 0.4) is 0 Å². The van der Waals surface area contributed by atoms with E-state index in [9.17, 15) is 4.39 Å². The summed E-state index contributed by atoms with van der Waals surface area (Å²) < 4.78 is 14.3. The molecule has 0 aromatic heterocycles. The molecule has 0 saturated carbocycles. The number of benzene rings is 1. The second-order valence-electron chi connectivity index (χ2n) is 3.73. The van der Waals surface area contributed by atoms with Crippen LogP contribution >= 0.6 is 28.1 Å². The summed E-state index contributed by atoms with van der Waals surface area (Å²) in [6.45, 7) is 2.38. The Hall–Kier alpha value is -0.520. The van der Waals surface area contributed by atoms with Gasteiger partial charge in [-0.1, -0.05) is 28.1 Å². The Bertz CT molecular complexity index is 398. The molecule has 0 aliphatic rings. The number of thiocarbonyl (C=S) groups is 1. The second kappa shape index (κ2) is 5.70. The maximum atomic E-state index is 13.5. The number of rotatable bonds is 4. The summed E-state index contributed by atoms with van der Waals surface area (Å²) in [5.41, 5.74) is 6.17. The summed E-state index contributed by atoms with van der Waals surface area (Å²) in [5.74, 6) is -0.217. The highest BCUT2D eigenvalue weighted by Crippen LogP contribution is 2.17. The zero-order chi connectivity index (χ0) is 12.3. The molecule has 1 aromatic carbocycles. The van der Waals surface area contributed by atoms with Crippen molar-refractivity contribution in [2.75, 3.05) is 7.05 Å². The molecular weight excluding hydrogens is 291 g/mol. The van der Waals surface area contributed by atoms with E-state index in [-0.39, 0.29) is 11.9 Å². The van der Waals surface area contributed by atoms with Gasteiger partial charge in [-0.2, -0.15) is 0 Å². The summed E-state index contributed by atoms with van der Waals surface area (Å²) in [7, 11) is 1.87. The largest absolute Gasteiger partial charge is 0.392 e. The molecule has 0 radical (unpaired) electrons. The molecule has 1 rings (SSSR count). The lowest BCUT2D eigenvalue weighted by molar-refractivity contribution is 0.299. The second-order valence-corrected chi connectivity index (χ2v) is 5.12. The molecule has 2 N–H and O–H groups in total. The third-order valence-electron chi connectivity index (χ3n) is 2.50. The SMILES string of the molecule is CC(C(N)=S)N(C)Cc1cc(Br)ccc1F. The van der Waals surface area contributed by atoms with Crippen molar-refractivity contribution in [3.8, 4) is 0 Å². The lowest BCUT2D eigenvalue weighted by atomic mass is 10.2. The Morgan fingerprint density at radius 2 is 2.25 bits per heavy atom. The van der Waals surface area contributed by atoms with Crippen LogP contribution < -0.4 is 5.73 Å². The van der Waals surface area contributed by atoms with Gasteiger partial charge in [0.1, 0.15) is 5.82 Å². The maximum absolute atomic E-state index is 13.5. The van der Waals surface area contributed by atoms with Crippen molar-refractivity contribution in [3.05, 3.63) is 34.1 Å². The number of hydrogen-bond acceptors (Lipinski definition) is 2. The molecule has 88 valence electrons. The van der Waals surface area contributed by atoms with Crippen LogP contribution in [0.25, 0.3) is 0 Å². The van der Waals surface area contributed by atoms with Crippen molar-refractivity contribution in [3.63, 3.8) is 0 Å². The van der Waals surface area contributed by atoms with Gasteiger partial charge in [0.05, 0.1) is 11.0 Å². The van der Waals surface area contributed by atoms with Crippen LogP contribution in [0.15, 0.2) is 22.7 Å². The van der Waals surface area contributed by atoms with Gasteiger partial charge in [-0.25, -0.2) is 4.39 Å². The van der Waals surface area contributed by atoms with Gasteiger partial charge < -0.3 is 5.73 Å². The predicted octanol–water partition coefficient (Wildman–Crippen LogP) is 2.69. The van der Waals surface area contributed by atoms with E-state index in [1.165, 1.54) is 6.07 Å². The van der Waals surface area contributed by atoms with Gasteiger partial charge >= 0.3 is 0 Å². The van der Waals surface area contributed by atoms with E-state index in [4.69, 9.17) is 18.0 Å². The highest BCUT2D eigenvalue weighted by atomic mass is 79.9. The van der Waals surface area contributed by atoms with E-state index in [2.05, 4.69) is 15.9 Å². The first-order valence-electron chi connectivity index (χ1n) is 4.85. The average molecular weight is 305 g/mol. The molecule has 5 heteroatoms. The van der Waals surface area contributed by atoms with Crippen LogP contribution in [0.2, 0.25) is 0 Å². The van der Waals surface area contributed by atoms with Gasteiger partial charge in [-0.3, -0.25) is 4.90 Å². The van der Waals surface area contributed by atoms with Gasteiger partial charge in [-0.05, 0) is 32.2 Å². The van der Waals surface area contributed by atoms with Crippen LogP contribution in [0.1, 0.15) is 12.5 Å². The Morgan fingerprint density at radius 1 is 1.62 bits per heavy atom. The number of hydrogen-bond donors (Lipinski definition) is 1. The maximum Gasteiger partial charge on any atom is 0.127 e. The molecule has 1 unspecified atom stereocenters. The fourth-order valence-electron chi connectivity index (χ4n) is 1.29. The molecule has 2 nitrogen and oxygen atoms in total. The molecule has 0 bridgehead atoms. The molecule has 0 saturated heterocycles. The minimum atomic E-state index is -0.217. The number of halogens is 2. The van der Waals surface area contributed by atoms with Crippen molar-refractivity contribution in [1.82, 2.24) is 4.90 Å². The number of nitrogens with zero attached hydrogens (tertiary/aromatic N) is 1. The van der Waals surface area contributed by atoms with E-state index in [0.717, 1.165) is 4.47 Å². The minimum absolute atomic E-state index is 0.0478. The molecule has 0 aliphatic carbocycles. The van der Waals surface area contributed by atoms with Gasteiger partial charge in [0, 0.05) is 16.6 Å². The van der Waals surface area contributed by atoms with Gasteiger partial charge in [0.25, 0.3) is 0 Å². The van der Waals surface area contributed by atoms with E-state index in [1.807, 2.05) is 18.9 Å². The van der Waals surface area contributed by atoms with Crippen LogP contribution in [0.4, 0.5) is 4.39 Å². The topological polar surface area (TPSA) is 29.3 Å². The lowest BCUT2D eigenvalue weighted by Crippen LogP contribution is -2.38. The minimum Gasteiger partial charge on any atom is -0.392 e. The zero-order valence-corrected chi connectivity index (χ0v) is 11.6. The Labute approximate surface area is 109 Å². The fraction of sp³-hybridized carbons (Fsp3) is 0.364. The average Bonchev–Trinajstić information content (AvgIpc) is 2.22. The summed E-state index contributed by atoms with van der Waals surface area (Å²) in [5, 5.41) is 0. The Morgan fingerprint density at radius 3 is 2.81 bits per heavy atom. The van der Waals surface area contributed by atoms with Gasteiger partial charge in [-0.15, -0.1) is 0 Å². The van der Waals surface area contributed by atoms with E-state index < -0.39 is 0 Å². The smallest absolute Gasteiger partial charge is 0.127 e. The monoisotopic (exact) mass is 304 g/mol. The first kappa shape index (κ1) is 13.5. The van der Waals surface area contributed by atoms with Crippen molar-refractivity contribution < 1.29 is 4.39 Å². The third-order valence-corrected chi connectivity index (χ3v) is 3.33. The summed E-state index contributed by atoms with van der Waals surface area (Å²) in [6, 6.07) is 4.83. The van der Waals surface area contributed by atoms with Crippen LogP contribution in [-0.4, -0.2) is 23.0 Å². The van der Waals surface area contributed by atoms with Crippen molar-refractivity contribution in [2.24, 2.45) is 5.73 Å². The molecule has 0 aliphatic heterocycles. The highest BCUT2D eigenvalue weighted by Gasteiger charge is 2.14. The number of likely N-dealkylation sites (N-methyl/N-ethyl adjacent to an activating group) is 1. The van der Waals surface area contributed by atoms with Crippen LogP contribution in [0.5, 0.6) is 0 Å². The Balaban J connectivity index is 2.80. The van der Waals surface area contributed by atoms with Crippen molar-refractivity contribution in [2.45, 2.75) is 19.5 Å². The molecule has 0 spiro atoms. The molecule has 16 heavy (non-hydrogen) atoms. The fourth-order valence-corrected chi connectivity index (χ4v) is 1.88. The quantitative estimate of drug-likeness (QED) is 0.867. The van der Waals surface area contributed by atoms with Gasteiger partial charge in [0.2, 0.25) is 0 Å². The molecular formula is C11H14BrFN2S. The van der Waals surface area contributed by atoms with E-state index in [1.54, 1.807) is 12.1 Å². The summed E-state index contributed by atoms with van der Waals surface area (Å²) >= 11 is 8.22. The molecule has 0 amide bonds. The van der Waals surface area contributed by atoms with Crippen LogP contribution in [0, 0.1) is 5.82 Å². The number of nitrogens with two attached hydrogens (primary N) is 1. The molecule has 0 heterocycles. The molecule has 0 fully saturated rings. The van der Waals surface area contributed by atoms with Crippen LogP contribution in [-0.2, 0) is 6.54 Å². The van der Waals surface area contributed by atoms with Crippen molar-refractivity contribution in [1.29, 1.82) is 0 Å². The first-order valence-corrected chi connectivity index (χ1v) is 6.05. The zero-order valence-electron chi connectivity index (χ0n) is 9.21. The molecule has 1 aromatic rings. The first-order chi connectivity index (χ1) is 7.41. The van der Waals surface area contributed by atoms with Gasteiger partial charge in [0.15, 0.2) is 0 Å². The summed E-state index contributed by atoms with van der Waals surface area (Å²) in [6.07, 6.45) is 0. The highest BCUT2D eigenvalue weighted by molar-refractivity contribution is 9.10. The third kappa shape index (κ3) is 3.50. The van der Waals surface area contributed by atoms with E-state index in [0.29, 0.717) is 17.1 Å². The summed E-state index contributed by atoms with van der Waals surface area (Å²) in [4.78, 5) is 2.32. The molecule has 1 atom stereocenters. The Kier molecular flexibility index (Phi) is 4.83. The van der Waals surface area contributed by atoms with Crippen molar-refractivity contribution >= 4 is 33.1 Å². The lowest BCUT2D eigenvalue weighted by Gasteiger charge is -2.23. The predicted molar refractivity (Wildman–Crippen MR) is 71.8 cm³/mol. The van der Waals surface area contributed by atoms with E-state index >= 15 is 0 Å². The standard InChI is InChI=1S/C11H14BrFN2S/c1-7(11(14)16)15(2)6-8-5-9(12)3-4-10(8)13/h3-5,7H,6H2,1-2H3,(H2,14,16).